The minimum Gasteiger partial charge on any atom is -0.497 e. The van der Waals surface area contributed by atoms with E-state index in [2.05, 4.69) is 34.7 Å². The number of rotatable bonds is 6. The third-order valence-corrected chi connectivity index (χ3v) is 6.07. The third-order valence-electron chi connectivity index (χ3n) is 6.07. The van der Waals surface area contributed by atoms with Crippen molar-refractivity contribution in [1.29, 1.82) is 0 Å². The second-order valence-corrected chi connectivity index (χ2v) is 8.11. The highest BCUT2D eigenvalue weighted by Crippen LogP contribution is 2.23. The van der Waals surface area contributed by atoms with Crippen LogP contribution in [0.3, 0.4) is 0 Å². The fraction of sp³-hybridized carbons (Fsp3) is 0.360. The first-order valence-corrected chi connectivity index (χ1v) is 10.7. The molecule has 3 atom stereocenters. The molecule has 1 aromatic heterocycles. The van der Waals surface area contributed by atoms with Gasteiger partial charge in [0.2, 0.25) is 0 Å². The molecule has 1 amide bonds. The Labute approximate surface area is 177 Å². The lowest BCUT2D eigenvalue weighted by molar-refractivity contribution is 0.0914. The molecule has 0 spiro atoms. The molecule has 30 heavy (non-hydrogen) atoms. The third kappa shape index (κ3) is 4.46. The number of methoxy groups -OCH3 is 1. The molecule has 0 radical (unpaired) electrons. The Morgan fingerprint density at radius 3 is 2.77 bits per heavy atom. The number of hydrogen-bond acceptors (Lipinski definition) is 4. The van der Waals surface area contributed by atoms with Crippen LogP contribution in [0.2, 0.25) is 0 Å². The van der Waals surface area contributed by atoms with Crippen molar-refractivity contribution in [3.8, 4) is 5.75 Å². The summed E-state index contributed by atoms with van der Waals surface area (Å²) in [4.78, 5) is 17.8. The molecular formula is C25H29N3O2. The van der Waals surface area contributed by atoms with E-state index in [0.717, 1.165) is 29.6 Å². The second-order valence-electron chi connectivity index (χ2n) is 8.11. The molecule has 4 rings (SSSR count). The van der Waals surface area contributed by atoms with Crippen LogP contribution in [0.1, 0.15) is 35.7 Å². The Kier molecular flexibility index (Phi) is 6.29. The van der Waals surface area contributed by atoms with Gasteiger partial charge in [0, 0.05) is 23.7 Å². The van der Waals surface area contributed by atoms with Gasteiger partial charge < -0.3 is 15.4 Å². The molecular weight excluding hydrogens is 374 g/mol. The summed E-state index contributed by atoms with van der Waals surface area (Å²) in [7, 11) is 1.67. The highest BCUT2D eigenvalue weighted by molar-refractivity contribution is 6.05. The molecule has 0 aliphatic carbocycles. The number of para-hydroxylation sites is 1. The van der Waals surface area contributed by atoms with E-state index in [9.17, 15) is 4.79 Å². The molecule has 2 heterocycles. The second kappa shape index (κ2) is 9.26. The van der Waals surface area contributed by atoms with Gasteiger partial charge in [-0.3, -0.25) is 9.78 Å². The zero-order chi connectivity index (χ0) is 20.9. The van der Waals surface area contributed by atoms with Crippen LogP contribution in [0.4, 0.5) is 0 Å². The van der Waals surface area contributed by atoms with Crippen LogP contribution >= 0.6 is 0 Å². The first-order valence-electron chi connectivity index (χ1n) is 10.7. The van der Waals surface area contributed by atoms with Crippen molar-refractivity contribution in [2.24, 2.45) is 5.92 Å². The lowest BCUT2D eigenvalue weighted by atomic mass is 9.85. The molecule has 0 bridgehead atoms. The van der Waals surface area contributed by atoms with Crippen molar-refractivity contribution in [1.82, 2.24) is 15.6 Å². The molecule has 5 heteroatoms. The lowest BCUT2D eigenvalue weighted by Gasteiger charge is -2.37. The maximum Gasteiger partial charge on any atom is 0.253 e. The summed E-state index contributed by atoms with van der Waals surface area (Å²) in [6, 6.07) is 17.9. The number of aromatic nitrogens is 1. The van der Waals surface area contributed by atoms with Crippen molar-refractivity contribution < 1.29 is 9.53 Å². The van der Waals surface area contributed by atoms with Crippen molar-refractivity contribution in [3.05, 3.63) is 71.9 Å². The van der Waals surface area contributed by atoms with E-state index in [1.54, 1.807) is 13.3 Å². The predicted molar refractivity (Wildman–Crippen MR) is 120 cm³/mol. The summed E-state index contributed by atoms with van der Waals surface area (Å²) in [6.45, 7) is 3.25. The number of benzene rings is 2. The Morgan fingerprint density at radius 2 is 2.00 bits per heavy atom. The summed E-state index contributed by atoms with van der Waals surface area (Å²) in [5.74, 6) is 1.26. The summed E-state index contributed by atoms with van der Waals surface area (Å²) < 4.78 is 5.28. The molecule has 1 aliphatic rings. The summed E-state index contributed by atoms with van der Waals surface area (Å²) >= 11 is 0. The van der Waals surface area contributed by atoms with Gasteiger partial charge >= 0.3 is 0 Å². The standard InChI is InChI=1S/C25H29N3O2/c1-17-6-4-14-26-23(17)22(16-18-10-12-20(30-2)13-11-18)28-25(29)21-9-3-7-19-8-5-15-27-24(19)21/h3,5,7-13,15,17,22-23,26H,4,6,14,16H2,1-2H3,(H,28,29). The molecule has 2 N–H and O–H groups in total. The maximum absolute atomic E-state index is 13.3. The topological polar surface area (TPSA) is 63.2 Å². The average molecular weight is 404 g/mol. The summed E-state index contributed by atoms with van der Waals surface area (Å²) in [5, 5.41) is 7.95. The van der Waals surface area contributed by atoms with Gasteiger partial charge in [-0.2, -0.15) is 0 Å². The van der Waals surface area contributed by atoms with Gasteiger partial charge in [0.05, 0.1) is 18.2 Å². The minimum absolute atomic E-state index is 0.0137. The first-order chi connectivity index (χ1) is 14.7. The van der Waals surface area contributed by atoms with Crippen molar-refractivity contribution in [3.63, 3.8) is 0 Å². The van der Waals surface area contributed by atoms with Gasteiger partial charge in [-0.05, 0) is 61.6 Å². The van der Waals surface area contributed by atoms with Crippen molar-refractivity contribution in [2.75, 3.05) is 13.7 Å². The van der Waals surface area contributed by atoms with E-state index in [4.69, 9.17) is 4.74 Å². The lowest BCUT2D eigenvalue weighted by Crippen LogP contribution is -2.56. The van der Waals surface area contributed by atoms with Gasteiger partial charge in [0.15, 0.2) is 0 Å². The largest absolute Gasteiger partial charge is 0.497 e. The number of nitrogens with one attached hydrogen (secondary N) is 2. The molecule has 1 fully saturated rings. The molecule has 3 unspecified atom stereocenters. The summed E-state index contributed by atoms with van der Waals surface area (Å²) in [5.41, 5.74) is 2.54. The minimum atomic E-state index is -0.0719. The van der Waals surface area contributed by atoms with Crippen LogP contribution in [0, 0.1) is 5.92 Å². The van der Waals surface area contributed by atoms with Gasteiger partial charge in [-0.1, -0.05) is 37.3 Å². The number of nitrogens with zero attached hydrogens (tertiary/aromatic N) is 1. The number of hydrogen-bond donors (Lipinski definition) is 2. The number of pyridine rings is 1. The Hall–Kier alpha value is -2.92. The van der Waals surface area contributed by atoms with E-state index < -0.39 is 0 Å². The monoisotopic (exact) mass is 403 g/mol. The van der Waals surface area contributed by atoms with Crippen molar-refractivity contribution in [2.45, 2.75) is 38.3 Å². The Bertz CT molecular complexity index is 997. The SMILES string of the molecule is COc1ccc(CC(NC(=O)c2cccc3cccnc23)C2NCCCC2C)cc1. The number of carbonyl (C=O) groups is 1. The molecule has 2 aromatic carbocycles. The fourth-order valence-corrected chi connectivity index (χ4v) is 4.43. The van der Waals surface area contributed by atoms with E-state index >= 15 is 0 Å². The van der Waals surface area contributed by atoms with E-state index in [1.165, 1.54) is 18.4 Å². The van der Waals surface area contributed by atoms with Crippen molar-refractivity contribution >= 4 is 16.8 Å². The number of piperidine rings is 1. The fourth-order valence-electron chi connectivity index (χ4n) is 4.43. The van der Waals surface area contributed by atoms with Crippen LogP contribution in [-0.2, 0) is 6.42 Å². The maximum atomic E-state index is 13.3. The van der Waals surface area contributed by atoms with E-state index in [-0.39, 0.29) is 18.0 Å². The molecule has 156 valence electrons. The molecule has 1 saturated heterocycles. The van der Waals surface area contributed by atoms with E-state index in [1.807, 2.05) is 42.5 Å². The highest BCUT2D eigenvalue weighted by atomic mass is 16.5. The van der Waals surface area contributed by atoms with Crippen LogP contribution in [0.5, 0.6) is 5.75 Å². The number of carbonyl (C=O) groups excluding carboxylic acids is 1. The van der Waals surface area contributed by atoms with Gasteiger partial charge in [0.1, 0.15) is 5.75 Å². The number of amides is 1. The van der Waals surface area contributed by atoms with Crippen LogP contribution < -0.4 is 15.4 Å². The van der Waals surface area contributed by atoms with Gasteiger partial charge in [-0.25, -0.2) is 0 Å². The number of ether oxygens (including phenoxy) is 1. The highest BCUT2D eigenvalue weighted by Gasteiger charge is 2.30. The molecule has 1 aliphatic heterocycles. The van der Waals surface area contributed by atoms with Gasteiger partial charge in [0.25, 0.3) is 5.91 Å². The zero-order valence-electron chi connectivity index (χ0n) is 17.6. The van der Waals surface area contributed by atoms with Crippen LogP contribution in [0.25, 0.3) is 10.9 Å². The quantitative estimate of drug-likeness (QED) is 0.654. The molecule has 5 nitrogen and oxygen atoms in total. The number of fused-ring (bicyclic) bond motifs is 1. The predicted octanol–water partition coefficient (Wildman–Crippen LogP) is 3.97. The Morgan fingerprint density at radius 1 is 1.20 bits per heavy atom. The van der Waals surface area contributed by atoms with Crippen LogP contribution in [0.15, 0.2) is 60.8 Å². The molecule has 0 saturated carbocycles. The Balaban J connectivity index is 1.60. The van der Waals surface area contributed by atoms with E-state index in [0.29, 0.717) is 11.5 Å². The zero-order valence-corrected chi connectivity index (χ0v) is 17.6. The smallest absolute Gasteiger partial charge is 0.253 e. The van der Waals surface area contributed by atoms with Crippen LogP contribution in [-0.4, -0.2) is 36.6 Å². The van der Waals surface area contributed by atoms with Gasteiger partial charge in [-0.15, -0.1) is 0 Å². The first kappa shape index (κ1) is 20.4. The average Bonchev–Trinajstić information content (AvgIpc) is 2.79. The normalized spacial score (nSPS) is 19.9. The summed E-state index contributed by atoms with van der Waals surface area (Å²) in [6.07, 6.45) is 4.84. The molecule has 3 aromatic rings.